The van der Waals surface area contributed by atoms with Crippen molar-refractivity contribution in [2.24, 2.45) is 5.92 Å². The molecule has 126 valence electrons. The average Bonchev–Trinajstić information content (AvgIpc) is 2.65. The Hall–Kier alpha value is -2.32. The molecular formula is C23H23NO. The molecule has 2 nitrogen and oxygen atoms in total. The Bertz CT molecular complexity index is 946. The molecule has 3 aromatic rings. The third-order valence-corrected chi connectivity index (χ3v) is 5.71. The zero-order valence-corrected chi connectivity index (χ0v) is 14.8. The lowest BCUT2D eigenvalue weighted by molar-refractivity contribution is -0.0507. The van der Waals surface area contributed by atoms with E-state index >= 15 is 0 Å². The normalized spacial score (nSPS) is 22.2. The standard InChI is InChI=1S/C23H23NO/c1-15(2)21-20-12-11-16-7-3-5-9-18(16)22(20)25-23-19-10-6-4-8-17(19)13-14-24(21)23/h3-12,15,21,23H,13-14H2,1-2H3. The Kier molecular flexibility index (Phi) is 3.36. The molecule has 0 spiro atoms. The molecule has 2 aliphatic rings. The van der Waals surface area contributed by atoms with Gasteiger partial charge in [0.05, 0.1) is 0 Å². The van der Waals surface area contributed by atoms with Crippen LogP contribution in [0, 0.1) is 5.92 Å². The van der Waals surface area contributed by atoms with Gasteiger partial charge in [-0.25, -0.2) is 0 Å². The molecule has 0 saturated heterocycles. The molecule has 2 aliphatic heterocycles. The maximum atomic E-state index is 6.68. The van der Waals surface area contributed by atoms with E-state index < -0.39 is 0 Å². The minimum Gasteiger partial charge on any atom is -0.470 e. The van der Waals surface area contributed by atoms with E-state index in [2.05, 4.69) is 79.4 Å². The van der Waals surface area contributed by atoms with Crippen LogP contribution >= 0.6 is 0 Å². The molecule has 2 unspecified atom stereocenters. The van der Waals surface area contributed by atoms with Crippen molar-refractivity contribution >= 4 is 10.8 Å². The molecule has 0 aromatic heterocycles. The SMILES string of the molecule is CC(C)C1c2ccc3ccccc3c2OC2c3ccccc3CCN21. The van der Waals surface area contributed by atoms with Gasteiger partial charge in [0.1, 0.15) is 5.75 Å². The first-order valence-corrected chi connectivity index (χ1v) is 9.26. The first-order valence-electron chi connectivity index (χ1n) is 9.26. The van der Waals surface area contributed by atoms with Crippen molar-refractivity contribution in [1.29, 1.82) is 0 Å². The van der Waals surface area contributed by atoms with Gasteiger partial charge in [-0.2, -0.15) is 0 Å². The predicted molar refractivity (Wildman–Crippen MR) is 102 cm³/mol. The largest absolute Gasteiger partial charge is 0.470 e. The van der Waals surface area contributed by atoms with Crippen molar-refractivity contribution in [3.8, 4) is 5.75 Å². The molecule has 0 saturated carbocycles. The van der Waals surface area contributed by atoms with Gasteiger partial charge in [-0.3, -0.25) is 4.90 Å². The minimum atomic E-state index is 0.0238. The van der Waals surface area contributed by atoms with Crippen LogP contribution in [0.1, 0.15) is 42.8 Å². The average molecular weight is 329 g/mol. The van der Waals surface area contributed by atoms with Crippen molar-refractivity contribution in [1.82, 2.24) is 4.90 Å². The van der Waals surface area contributed by atoms with Gasteiger partial charge in [-0.05, 0) is 23.3 Å². The van der Waals surface area contributed by atoms with Crippen LogP contribution in [0.2, 0.25) is 0 Å². The zero-order chi connectivity index (χ0) is 17.0. The van der Waals surface area contributed by atoms with Gasteiger partial charge >= 0.3 is 0 Å². The fraction of sp³-hybridized carbons (Fsp3) is 0.304. The molecule has 0 aliphatic carbocycles. The number of hydrogen-bond donors (Lipinski definition) is 0. The monoisotopic (exact) mass is 329 g/mol. The summed E-state index contributed by atoms with van der Waals surface area (Å²) >= 11 is 0. The summed E-state index contributed by atoms with van der Waals surface area (Å²) in [6, 6.07) is 22.2. The summed E-state index contributed by atoms with van der Waals surface area (Å²) in [4.78, 5) is 2.56. The van der Waals surface area contributed by atoms with Crippen LogP contribution < -0.4 is 4.74 Å². The van der Waals surface area contributed by atoms with Gasteiger partial charge in [0.2, 0.25) is 0 Å². The van der Waals surface area contributed by atoms with Gasteiger partial charge in [0, 0.05) is 29.1 Å². The molecule has 25 heavy (non-hydrogen) atoms. The number of rotatable bonds is 1. The fourth-order valence-corrected chi connectivity index (χ4v) is 4.62. The van der Waals surface area contributed by atoms with Crippen LogP contribution in [0.15, 0.2) is 60.7 Å². The third kappa shape index (κ3) is 2.21. The van der Waals surface area contributed by atoms with Gasteiger partial charge in [0.15, 0.2) is 6.23 Å². The number of ether oxygens (including phenoxy) is 1. The summed E-state index contributed by atoms with van der Waals surface area (Å²) in [5.41, 5.74) is 4.09. The van der Waals surface area contributed by atoms with E-state index in [0.717, 1.165) is 18.7 Å². The second kappa shape index (κ2) is 5.60. The topological polar surface area (TPSA) is 12.5 Å². The number of nitrogens with zero attached hydrogens (tertiary/aromatic N) is 1. The molecule has 3 aromatic carbocycles. The lowest BCUT2D eigenvalue weighted by Gasteiger charge is -2.47. The van der Waals surface area contributed by atoms with E-state index in [1.165, 1.54) is 27.5 Å². The van der Waals surface area contributed by atoms with E-state index in [1.54, 1.807) is 0 Å². The highest BCUT2D eigenvalue weighted by Crippen LogP contribution is 2.49. The van der Waals surface area contributed by atoms with Crippen LogP contribution in [-0.2, 0) is 6.42 Å². The summed E-state index contributed by atoms with van der Waals surface area (Å²) < 4.78 is 6.68. The Morgan fingerprint density at radius 1 is 0.920 bits per heavy atom. The molecule has 0 amide bonds. The summed E-state index contributed by atoms with van der Waals surface area (Å²) in [6.45, 7) is 5.70. The Labute approximate surface area is 149 Å². The van der Waals surface area contributed by atoms with Gasteiger partial charge in [-0.1, -0.05) is 74.5 Å². The lowest BCUT2D eigenvalue weighted by atomic mass is 9.86. The van der Waals surface area contributed by atoms with Crippen LogP contribution in [0.3, 0.4) is 0 Å². The van der Waals surface area contributed by atoms with Crippen molar-refractivity contribution in [2.75, 3.05) is 6.54 Å². The smallest absolute Gasteiger partial charge is 0.179 e. The fourth-order valence-electron chi connectivity index (χ4n) is 4.62. The molecule has 2 atom stereocenters. The predicted octanol–water partition coefficient (Wildman–Crippen LogP) is 5.49. The lowest BCUT2D eigenvalue weighted by Crippen LogP contribution is -2.45. The number of benzene rings is 3. The molecule has 0 fully saturated rings. The van der Waals surface area contributed by atoms with E-state index in [4.69, 9.17) is 4.74 Å². The third-order valence-electron chi connectivity index (χ3n) is 5.71. The second-order valence-corrected chi connectivity index (χ2v) is 7.55. The highest BCUT2D eigenvalue weighted by Gasteiger charge is 2.41. The Morgan fingerprint density at radius 2 is 1.72 bits per heavy atom. The van der Waals surface area contributed by atoms with E-state index in [1.807, 2.05) is 0 Å². The highest BCUT2D eigenvalue weighted by molar-refractivity contribution is 5.90. The van der Waals surface area contributed by atoms with Crippen molar-refractivity contribution in [3.05, 3.63) is 77.4 Å². The highest BCUT2D eigenvalue weighted by atomic mass is 16.5. The maximum absolute atomic E-state index is 6.68. The quantitative estimate of drug-likeness (QED) is 0.585. The second-order valence-electron chi connectivity index (χ2n) is 7.55. The number of fused-ring (bicyclic) bond motifs is 6. The van der Waals surface area contributed by atoms with Crippen molar-refractivity contribution < 1.29 is 4.74 Å². The number of hydrogen-bond acceptors (Lipinski definition) is 2. The van der Waals surface area contributed by atoms with E-state index in [0.29, 0.717) is 12.0 Å². The first kappa shape index (κ1) is 15.0. The van der Waals surface area contributed by atoms with E-state index in [-0.39, 0.29) is 6.23 Å². The maximum Gasteiger partial charge on any atom is 0.179 e. The van der Waals surface area contributed by atoms with Crippen LogP contribution in [0.5, 0.6) is 5.75 Å². The summed E-state index contributed by atoms with van der Waals surface area (Å²) in [6.07, 6.45) is 1.12. The summed E-state index contributed by atoms with van der Waals surface area (Å²) in [7, 11) is 0. The molecule has 0 N–H and O–H groups in total. The Balaban J connectivity index is 1.74. The van der Waals surface area contributed by atoms with Gasteiger partial charge < -0.3 is 4.74 Å². The summed E-state index contributed by atoms with van der Waals surface area (Å²) in [5.74, 6) is 1.62. The molecule has 5 rings (SSSR count). The molecular weight excluding hydrogens is 306 g/mol. The van der Waals surface area contributed by atoms with Crippen LogP contribution in [0.25, 0.3) is 10.8 Å². The molecule has 0 bridgehead atoms. The van der Waals surface area contributed by atoms with Crippen molar-refractivity contribution in [2.45, 2.75) is 32.5 Å². The van der Waals surface area contributed by atoms with Crippen molar-refractivity contribution in [3.63, 3.8) is 0 Å². The van der Waals surface area contributed by atoms with E-state index in [9.17, 15) is 0 Å². The first-order chi connectivity index (χ1) is 12.2. The van der Waals surface area contributed by atoms with Crippen LogP contribution in [0.4, 0.5) is 0 Å². The molecule has 2 heterocycles. The molecule has 0 radical (unpaired) electrons. The summed E-state index contributed by atoms with van der Waals surface area (Å²) in [5, 5.41) is 2.48. The van der Waals surface area contributed by atoms with Gasteiger partial charge in [-0.15, -0.1) is 0 Å². The Morgan fingerprint density at radius 3 is 2.60 bits per heavy atom. The van der Waals surface area contributed by atoms with Gasteiger partial charge in [0.25, 0.3) is 0 Å². The zero-order valence-electron chi connectivity index (χ0n) is 14.8. The molecule has 2 heteroatoms. The minimum absolute atomic E-state index is 0.0238. The van der Waals surface area contributed by atoms with Crippen LogP contribution in [-0.4, -0.2) is 11.4 Å².